The van der Waals surface area contributed by atoms with Crippen molar-refractivity contribution in [3.05, 3.63) is 129 Å². The van der Waals surface area contributed by atoms with Gasteiger partial charge in [0.05, 0.1) is 31.2 Å². The third kappa shape index (κ3) is 6.24. The molecule has 1 N–H and O–H groups in total. The molecule has 0 saturated heterocycles. The van der Waals surface area contributed by atoms with Crippen molar-refractivity contribution in [3.63, 3.8) is 0 Å². The number of nitrogens with zero attached hydrogens (tertiary/aromatic N) is 4. The molecular formula is C35H29FN4O5. The average Bonchev–Trinajstić information content (AvgIpc) is 3.48. The van der Waals surface area contributed by atoms with E-state index in [-0.39, 0.29) is 23.2 Å². The van der Waals surface area contributed by atoms with Crippen LogP contribution in [0.3, 0.4) is 0 Å². The fraction of sp³-hybridized carbons (Fsp3) is 0.143. The van der Waals surface area contributed by atoms with E-state index in [0.717, 1.165) is 15.8 Å². The number of pyridine rings is 1. The van der Waals surface area contributed by atoms with Gasteiger partial charge in [-0.3, -0.25) is 14.2 Å². The Bertz CT molecular complexity index is 2010. The molecule has 5 rings (SSSR count). The largest absolute Gasteiger partial charge is 0.494 e. The van der Waals surface area contributed by atoms with E-state index < -0.39 is 23.0 Å². The molecule has 9 nitrogen and oxygen atoms in total. The number of ether oxygens (including phenoxy) is 2. The van der Waals surface area contributed by atoms with E-state index in [9.17, 15) is 24.3 Å². The second-order valence-electron chi connectivity index (χ2n) is 10.1. The highest BCUT2D eigenvalue weighted by Gasteiger charge is 2.23. The van der Waals surface area contributed by atoms with E-state index in [1.54, 1.807) is 41.2 Å². The molecule has 0 radical (unpaired) electrons. The normalized spacial score (nSPS) is 11.0. The Balaban J connectivity index is 1.51. The zero-order chi connectivity index (χ0) is 32.1. The predicted molar refractivity (Wildman–Crippen MR) is 167 cm³/mol. The smallest absolute Gasteiger partial charge is 0.271 e. The van der Waals surface area contributed by atoms with Crippen molar-refractivity contribution in [2.75, 3.05) is 14.2 Å². The molecule has 0 atom stereocenters. The zero-order valence-electron chi connectivity index (χ0n) is 24.8. The molecule has 0 fully saturated rings. The first-order valence-corrected chi connectivity index (χ1v) is 14.0. The van der Waals surface area contributed by atoms with Crippen LogP contribution in [0.25, 0.3) is 23.0 Å². The molecule has 2 heterocycles. The molecule has 45 heavy (non-hydrogen) atoms. The number of aromatic hydroxyl groups is 1. The van der Waals surface area contributed by atoms with Crippen LogP contribution >= 0.6 is 0 Å². The summed E-state index contributed by atoms with van der Waals surface area (Å²) >= 11 is 0. The van der Waals surface area contributed by atoms with Gasteiger partial charge in [-0.05, 0) is 85.2 Å². The van der Waals surface area contributed by atoms with Gasteiger partial charge in [-0.25, -0.2) is 9.07 Å². The van der Waals surface area contributed by atoms with E-state index in [0.29, 0.717) is 34.7 Å². The van der Waals surface area contributed by atoms with Gasteiger partial charge in [0, 0.05) is 23.9 Å². The number of hydrogen-bond donors (Lipinski definition) is 1. The van der Waals surface area contributed by atoms with Gasteiger partial charge in [0.25, 0.3) is 5.56 Å². The van der Waals surface area contributed by atoms with Gasteiger partial charge in [-0.1, -0.05) is 24.3 Å². The number of aryl methyl sites for hydroxylation is 1. The molecule has 0 amide bonds. The summed E-state index contributed by atoms with van der Waals surface area (Å²) in [5, 5.41) is 25.7. The van der Waals surface area contributed by atoms with Crippen molar-refractivity contribution < 1.29 is 23.8 Å². The summed E-state index contributed by atoms with van der Waals surface area (Å²) in [6.45, 7) is 1.45. The lowest BCUT2D eigenvalue weighted by Crippen LogP contribution is -2.27. The highest BCUT2D eigenvalue weighted by atomic mass is 19.1. The number of benzene rings is 3. The predicted octanol–water partition coefficient (Wildman–Crippen LogP) is 5.88. The summed E-state index contributed by atoms with van der Waals surface area (Å²) in [6.07, 6.45) is 4.82. The Labute approximate surface area is 258 Å². The number of halogens is 1. The van der Waals surface area contributed by atoms with Crippen LogP contribution in [0.2, 0.25) is 0 Å². The second-order valence-corrected chi connectivity index (χ2v) is 10.1. The van der Waals surface area contributed by atoms with Crippen LogP contribution in [0.5, 0.6) is 17.4 Å². The Morgan fingerprint density at radius 2 is 1.76 bits per heavy atom. The summed E-state index contributed by atoms with van der Waals surface area (Å²) in [5.74, 6) is -0.497. The van der Waals surface area contributed by atoms with Crippen LogP contribution in [0.15, 0.2) is 89.9 Å². The molecule has 0 spiro atoms. The van der Waals surface area contributed by atoms with Crippen LogP contribution in [0, 0.1) is 24.1 Å². The fourth-order valence-corrected chi connectivity index (χ4v) is 5.03. The molecule has 0 aliphatic carbocycles. The molecule has 10 heteroatoms. The van der Waals surface area contributed by atoms with E-state index in [4.69, 9.17) is 9.47 Å². The highest BCUT2D eigenvalue weighted by molar-refractivity contribution is 6.09. The third-order valence-electron chi connectivity index (χ3n) is 7.41. The molecule has 0 bridgehead atoms. The molecule has 0 aliphatic heterocycles. The number of methoxy groups -OCH3 is 2. The SMILES string of the molecule is COc1ccc(CCn2c(O)c(C(=O)/C=C/c3cn(-c4ccccc4)nc3-c3ccc(F)cc3)c(C)c(C#N)c2=O)cc1OC. The van der Waals surface area contributed by atoms with Crippen molar-refractivity contribution in [3.8, 4) is 40.4 Å². The fourth-order valence-electron chi connectivity index (χ4n) is 5.03. The number of aromatic nitrogens is 3. The van der Waals surface area contributed by atoms with Crippen LogP contribution in [-0.2, 0) is 13.0 Å². The lowest BCUT2D eigenvalue weighted by Gasteiger charge is -2.15. The van der Waals surface area contributed by atoms with Crippen molar-refractivity contribution in [1.82, 2.24) is 14.3 Å². The molecule has 0 unspecified atom stereocenters. The topological polar surface area (TPSA) is 119 Å². The number of hydrogen-bond acceptors (Lipinski definition) is 7. The molecule has 2 aromatic heterocycles. The molecule has 3 aromatic carbocycles. The minimum absolute atomic E-state index is 0.00232. The summed E-state index contributed by atoms with van der Waals surface area (Å²) in [6, 6.07) is 22.4. The van der Waals surface area contributed by atoms with Crippen molar-refractivity contribution >= 4 is 11.9 Å². The van der Waals surface area contributed by atoms with Gasteiger partial charge in [-0.15, -0.1) is 0 Å². The number of ketones is 1. The number of allylic oxidation sites excluding steroid dienone is 1. The highest BCUT2D eigenvalue weighted by Crippen LogP contribution is 2.29. The van der Waals surface area contributed by atoms with Crippen molar-refractivity contribution in [1.29, 1.82) is 5.26 Å². The first kappa shape index (κ1) is 30.5. The number of carbonyl (C=O) groups excluding carboxylic acids is 1. The molecule has 0 saturated carbocycles. The van der Waals surface area contributed by atoms with Gasteiger partial charge in [0.15, 0.2) is 17.3 Å². The lowest BCUT2D eigenvalue weighted by atomic mass is 10.00. The van der Waals surface area contributed by atoms with Gasteiger partial charge < -0.3 is 14.6 Å². The summed E-state index contributed by atoms with van der Waals surface area (Å²) in [5.41, 5.74) is 2.24. The van der Waals surface area contributed by atoms with Gasteiger partial charge in [0.1, 0.15) is 17.4 Å². The molecular weight excluding hydrogens is 575 g/mol. The number of carbonyl (C=O) groups is 1. The van der Waals surface area contributed by atoms with Crippen LogP contribution in [-0.4, -0.2) is 39.5 Å². The molecule has 0 aliphatic rings. The lowest BCUT2D eigenvalue weighted by molar-refractivity contribution is 0.104. The van der Waals surface area contributed by atoms with E-state index in [2.05, 4.69) is 5.10 Å². The van der Waals surface area contributed by atoms with Crippen molar-refractivity contribution in [2.24, 2.45) is 0 Å². The number of nitriles is 1. The maximum absolute atomic E-state index is 13.7. The van der Waals surface area contributed by atoms with E-state index in [1.165, 1.54) is 45.4 Å². The van der Waals surface area contributed by atoms with Crippen molar-refractivity contribution in [2.45, 2.75) is 19.9 Å². The Morgan fingerprint density at radius 3 is 2.42 bits per heavy atom. The molecule has 226 valence electrons. The van der Waals surface area contributed by atoms with E-state index in [1.807, 2.05) is 36.4 Å². The van der Waals surface area contributed by atoms with Gasteiger partial charge in [-0.2, -0.15) is 10.4 Å². The quantitative estimate of drug-likeness (QED) is 0.156. The minimum Gasteiger partial charge on any atom is -0.494 e. The number of rotatable bonds is 10. The number of para-hydroxylation sites is 1. The van der Waals surface area contributed by atoms with Crippen LogP contribution < -0.4 is 15.0 Å². The third-order valence-corrected chi connectivity index (χ3v) is 7.41. The monoisotopic (exact) mass is 604 g/mol. The maximum Gasteiger partial charge on any atom is 0.271 e. The Hall–Kier alpha value is -5.95. The summed E-state index contributed by atoms with van der Waals surface area (Å²) in [4.78, 5) is 26.8. The molecule has 5 aromatic rings. The van der Waals surface area contributed by atoms with E-state index >= 15 is 0 Å². The second kappa shape index (κ2) is 13.1. The first-order chi connectivity index (χ1) is 21.7. The first-order valence-electron chi connectivity index (χ1n) is 14.0. The van der Waals surface area contributed by atoms with Gasteiger partial charge in [0.2, 0.25) is 5.88 Å². The minimum atomic E-state index is -0.698. The average molecular weight is 605 g/mol. The summed E-state index contributed by atoms with van der Waals surface area (Å²) in [7, 11) is 3.04. The Morgan fingerprint density at radius 1 is 1.04 bits per heavy atom. The zero-order valence-corrected chi connectivity index (χ0v) is 24.8. The standard InChI is InChI=1S/C35H29FN4O5/c1-22-28(20-37)34(42)39(18-17-23-9-16-30(44-2)31(19-23)45-3)35(43)32(22)29(41)15-12-25-21-40(27-7-5-4-6-8-27)38-33(25)24-10-13-26(36)14-11-24/h4-16,19,21,43H,17-18H2,1-3H3/b15-12+. The van der Waals surface area contributed by atoms with Crippen LogP contribution in [0.4, 0.5) is 4.39 Å². The Kier molecular flexibility index (Phi) is 8.91. The van der Waals surface area contributed by atoms with Gasteiger partial charge >= 0.3 is 0 Å². The summed E-state index contributed by atoms with van der Waals surface area (Å²) < 4.78 is 27.0. The maximum atomic E-state index is 13.7. The van der Waals surface area contributed by atoms with Crippen LogP contribution in [0.1, 0.15) is 32.6 Å².